The number of nitrogens with zero attached hydrogens (tertiary/aromatic N) is 2. The minimum Gasteiger partial charge on any atom is -0.292 e. The lowest BCUT2D eigenvalue weighted by molar-refractivity contribution is 1.31. The summed E-state index contributed by atoms with van der Waals surface area (Å²) >= 11 is 7.01. The molecule has 230 valence electrons. The monoisotopic (exact) mass is 660 g/mol. The lowest BCUT2D eigenvalue weighted by Gasteiger charge is -2.28. The molecule has 0 aliphatic carbocycles. The van der Waals surface area contributed by atoms with E-state index in [1.165, 1.54) is 59.4 Å². The van der Waals surface area contributed by atoms with E-state index in [0.717, 1.165) is 27.6 Å². The molecule has 0 aliphatic rings. The molecule has 0 spiro atoms. The quantitative estimate of drug-likeness (QED) is 0.106. The van der Waals surface area contributed by atoms with Crippen molar-refractivity contribution in [2.45, 2.75) is 0 Å². The van der Waals surface area contributed by atoms with E-state index in [0.29, 0.717) is 0 Å². The van der Waals surface area contributed by atoms with Crippen molar-refractivity contribution in [3.05, 3.63) is 176 Å². The number of para-hydroxylation sites is 3. The summed E-state index contributed by atoms with van der Waals surface area (Å²) in [6, 6.07) is 60.9. The van der Waals surface area contributed by atoms with Crippen molar-refractivity contribution in [3.8, 4) is 11.1 Å². The Morgan fingerprint density at radius 1 is 0.429 bits per heavy atom. The molecule has 0 amide bonds. The Hall–Kier alpha value is -5.60. The van der Waals surface area contributed by atoms with Crippen LogP contribution in [0.4, 0.5) is 0 Å². The van der Waals surface area contributed by atoms with Crippen LogP contribution in [0.5, 0.6) is 0 Å². The van der Waals surface area contributed by atoms with Gasteiger partial charge < -0.3 is 0 Å². The number of rotatable bonds is 4. The molecule has 8 aromatic carbocycles. The molecule has 0 radical (unpaired) electrons. The molecular weight excluding hydrogens is 632 g/mol. The van der Waals surface area contributed by atoms with Gasteiger partial charge in [-0.2, -0.15) is 0 Å². The zero-order chi connectivity index (χ0) is 32.5. The highest BCUT2D eigenvalue weighted by Gasteiger charge is 2.30. The number of pyridine rings is 1. The van der Waals surface area contributed by atoms with Crippen LogP contribution in [0.2, 0.25) is 0 Å². The normalized spacial score (nSPS) is 12.2. The van der Waals surface area contributed by atoms with E-state index < -0.39 is 6.04 Å². The van der Waals surface area contributed by atoms with Crippen molar-refractivity contribution in [2.24, 2.45) is 0 Å². The average Bonchev–Trinajstić information content (AvgIpc) is 3.57. The first-order valence-corrected chi connectivity index (χ1v) is 19.4. The van der Waals surface area contributed by atoms with Crippen LogP contribution < -0.4 is 15.9 Å². The third-order valence-electron chi connectivity index (χ3n) is 10.0. The minimum atomic E-state index is -2.47. The highest BCUT2D eigenvalue weighted by atomic mass is 32.4. The molecule has 2 heterocycles. The van der Waals surface area contributed by atoms with Gasteiger partial charge in [-0.1, -0.05) is 157 Å². The van der Waals surface area contributed by atoms with Crippen LogP contribution in [0.15, 0.2) is 176 Å². The summed E-state index contributed by atoms with van der Waals surface area (Å²) in [5.74, 6) is 0. The predicted molar refractivity (Wildman–Crippen MR) is 214 cm³/mol. The molecule has 10 rings (SSSR count). The molecule has 0 saturated carbocycles. The van der Waals surface area contributed by atoms with Crippen LogP contribution in [0.25, 0.3) is 71.0 Å². The summed E-state index contributed by atoms with van der Waals surface area (Å²) in [4.78, 5) is 5.15. The predicted octanol–water partition coefficient (Wildman–Crippen LogP) is 10.5. The van der Waals surface area contributed by atoms with Gasteiger partial charge >= 0.3 is 0 Å². The molecule has 49 heavy (non-hydrogen) atoms. The summed E-state index contributed by atoms with van der Waals surface area (Å²) in [5.41, 5.74) is 6.69. The number of hydrogen-bond acceptors (Lipinski definition) is 2. The molecule has 0 N–H and O–H groups in total. The lowest BCUT2D eigenvalue weighted by Crippen LogP contribution is -2.26. The van der Waals surface area contributed by atoms with Gasteiger partial charge in [-0.25, -0.2) is 4.98 Å². The van der Waals surface area contributed by atoms with E-state index >= 15 is 0 Å². The molecule has 0 unspecified atom stereocenters. The molecule has 0 fully saturated rings. The first kappa shape index (κ1) is 28.4. The average molecular weight is 661 g/mol. The zero-order valence-corrected chi connectivity index (χ0v) is 28.2. The highest BCUT2D eigenvalue weighted by Crippen LogP contribution is 2.49. The zero-order valence-electron chi connectivity index (χ0n) is 26.5. The van der Waals surface area contributed by atoms with Gasteiger partial charge in [-0.3, -0.25) is 4.40 Å². The van der Waals surface area contributed by atoms with E-state index in [-0.39, 0.29) is 0 Å². The molecular formula is C45H29N2PS. The second kappa shape index (κ2) is 11.0. The number of imidazole rings is 1. The Morgan fingerprint density at radius 3 is 1.57 bits per heavy atom. The Morgan fingerprint density at radius 2 is 0.939 bits per heavy atom. The number of hydrogen-bond donors (Lipinski definition) is 0. The largest absolute Gasteiger partial charge is 0.292 e. The number of fused-ring (bicyclic) bond motifs is 10. The maximum absolute atomic E-state index is 7.01. The van der Waals surface area contributed by atoms with Crippen molar-refractivity contribution in [1.82, 2.24) is 9.38 Å². The van der Waals surface area contributed by atoms with Crippen LogP contribution in [-0.2, 0) is 11.8 Å². The third kappa shape index (κ3) is 4.13. The van der Waals surface area contributed by atoms with Crippen molar-refractivity contribution in [3.63, 3.8) is 0 Å². The van der Waals surface area contributed by atoms with Gasteiger partial charge in [-0.15, -0.1) is 0 Å². The molecule has 0 saturated heterocycles. The van der Waals surface area contributed by atoms with E-state index in [4.69, 9.17) is 16.8 Å². The summed E-state index contributed by atoms with van der Waals surface area (Å²) in [5, 5.41) is 12.1. The Balaban J connectivity index is 1.33. The van der Waals surface area contributed by atoms with Gasteiger partial charge in [0, 0.05) is 22.1 Å². The maximum Gasteiger partial charge on any atom is 0.146 e. The van der Waals surface area contributed by atoms with Gasteiger partial charge in [-0.05, 0) is 79.0 Å². The van der Waals surface area contributed by atoms with Crippen LogP contribution in [0.3, 0.4) is 0 Å². The molecule has 10 aromatic rings. The van der Waals surface area contributed by atoms with E-state index in [9.17, 15) is 0 Å². The van der Waals surface area contributed by atoms with Crippen molar-refractivity contribution >= 4 is 93.7 Å². The number of aromatic nitrogens is 2. The van der Waals surface area contributed by atoms with Gasteiger partial charge in [0.15, 0.2) is 0 Å². The minimum absolute atomic E-state index is 0.984. The summed E-state index contributed by atoms with van der Waals surface area (Å²) in [6.45, 7) is 0. The van der Waals surface area contributed by atoms with Crippen LogP contribution >= 0.6 is 6.04 Å². The first-order chi connectivity index (χ1) is 24.2. The fourth-order valence-corrected chi connectivity index (χ4v) is 12.3. The molecule has 0 atom stereocenters. The first-order valence-electron chi connectivity index (χ1n) is 16.6. The van der Waals surface area contributed by atoms with Gasteiger partial charge in [0.2, 0.25) is 0 Å². The van der Waals surface area contributed by atoms with Gasteiger partial charge in [0.1, 0.15) is 5.65 Å². The van der Waals surface area contributed by atoms with Crippen molar-refractivity contribution in [1.29, 1.82) is 0 Å². The van der Waals surface area contributed by atoms with E-state index in [1.807, 2.05) is 0 Å². The smallest absolute Gasteiger partial charge is 0.146 e. The molecule has 2 nitrogen and oxygen atoms in total. The van der Waals surface area contributed by atoms with Gasteiger partial charge in [0.05, 0.1) is 16.6 Å². The summed E-state index contributed by atoms with van der Waals surface area (Å²) in [7, 11) is 0. The fraction of sp³-hybridized carbons (Fsp3) is 0. The lowest BCUT2D eigenvalue weighted by atomic mass is 9.90. The standard InChI is InChI=1S/C45H29N2PS/c49-48(31-15-3-1-4-16-31,32-17-5-2-6-18-32)44-36-22-9-7-20-34(36)43(35-21-8-10-23-37(35)44)30-27-28-38-39(29-30)33-19-11-13-25-41(33)47-42-26-14-12-24-40(42)46-45(38)47/h1-29H. The van der Waals surface area contributed by atoms with Crippen molar-refractivity contribution in [2.75, 3.05) is 0 Å². The Bertz CT molecular complexity index is 2870. The van der Waals surface area contributed by atoms with Crippen LogP contribution in [0.1, 0.15) is 0 Å². The Labute approximate surface area is 288 Å². The number of benzene rings is 8. The molecule has 0 aliphatic heterocycles. The summed E-state index contributed by atoms with van der Waals surface area (Å²) < 4.78 is 2.31. The topological polar surface area (TPSA) is 17.3 Å². The summed E-state index contributed by atoms with van der Waals surface area (Å²) in [6.07, 6.45) is 0. The second-order valence-electron chi connectivity index (χ2n) is 12.6. The molecule has 0 bridgehead atoms. The van der Waals surface area contributed by atoms with Gasteiger partial charge in [0.25, 0.3) is 0 Å². The maximum atomic E-state index is 7.01. The third-order valence-corrected chi connectivity index (χ3v) is 15.0. The van der Waals surface area contributed by atoms with Crippen LogP contribution in [0, 0.1) is 0 Å². The Kier molecular flexibility index (Phi) is 6.36. The molecule has 2 aromatic heterocycles. The second-order valence-corrected chi connectivity index (χ2v) is 17.0. The van der Waals surface area contributed by atoms with E-state index in [1.54, 1.807) is 0 Å². The van der Waals surface area contributed by atoms with Crippen LogP contribution in [-0.4, -0.2) is 9.38 Å². The van der Waals surface area contributed by atoms with Crippen molar-refractivity contribution < 1.29 is 0 Å². The SMILES string of the molecule is S=P(c1ccccc1)(c1ccccc1)c1c2ccccc2c(-c2ccc3c(c2)c2ccccc2n2c4ccccc4nc32)c2ccccc12. The highest BCUT2D eigenvalue weighted by molar-refractivity contribution is 8.25. The van der Waals surface area contributed by atoms with E-state index in [2.05, 4.69) is 180 Å². The fourth-order valence-electron chi connectivity index (χ4n) is 7.90. The molecule has 4 heteroatoms.